The van der Waals surface area contributed by atoms with Gasteiger partial charge >= 0.3 is 0 Å². The third-order valence-corrected chi connectivity index (χ3v) is 5.73. The Labute approximate surface area is 190 Å². The molecular weight excluding hydrogens is 402 g/mol. The molecule has 6 heteroatoms. The Bertz CT molecular complexity index is 973. The van der Waals surface area contributed by atoms with Gasteiger partial charge in [0.2, 0.25) is 0 Å². The van der Waals surface area contributed by atoms with E-state index in [1.165, 1.54) is 22.4 Å². The van der Waals surface area contributed by atoms with Crippen LogP contribution in [0.25, 0.3) is 0 Å². The van der Waals surface area contributed by atoms with Crippen LogP contribution in [0.2, 0.25) is 0 Å². The average Bonchev–Trinajstić information content (AvgIpc) is 2.85. The Morgan fingerprint density at radius 3 is 2.03 bits per heavy atom. The van der Waals surface area contributed by atoms with Crippen molar-refractivity contribution in [2.24, 2.45) is 0 Å². The number of ether oxygens (including phenoxy) is 3. The van der Waals surface area contributed by atoms with E-state index in [-0.39, 0.29) is 0 Å². The number of nitrogens with zero attached hydrogens (tertiary/aromatic N) is 3. The fourth-order valence-corrected chi connectivity index (χ4v) is 4.04. The van der Waals surface area contributed by atoms with E-state index in [9.17, 15) is 0 Å². The molecule has 0 unspecified atom stereocenters. The molecule has 32 heavy (non-hydrogen) atoms. The van der Waals surface area contributed by atoms with Crippen LogP contribution in [0.4, 0.5) is 5.69 Å². The fraction of sp³-hybridized carbons (Fsp3) is 0.346. The van der Waals surface area contributed by atoms with Gasteiger partial charge in [0, 0.05) is 50.8 Å². The van der Waals surface area contributed by atoms with Crippen molar-refractivity contribution in [3.05, 3.63) is 83.7 Å². The molecule has 1 aliphatic heterocycles. The van der Waals surface area contributed by atoms with E-state index in [0.29, 0.717) is 0 Å². The molecule has 0 saturated carbocycles. The molecule has 3 aromatic rings. The van der Waals surface area contributed by atoms with Gasteiger partial charge in [-0.2, -0.15) is 0 Å². The molecule has 0 N–H and O–H groups in total. The van der Waals surface area contributed by atoms with E-state index in [2.05, 4.69) is 63.3 Å². The number of pyridine rings is 1. The van der Waals surface area contributed by atoms with Crippen molar-refractivity contribution in [1.82, 2.24) is 9.88 Å². The van der Waals surface area contributed by atoms with Crippen LogP contribution in [0.3, 0.4) is 0 Å². The molecule has 2 heterocycles. The highest BCUT2D eigenvalue weighted by Crippen LogP contribution is 2.28. The molecule has 1 aromatic heterocycles. The first-order valence-electron chi connectivity index (χ1n) is 11.0. The molecule has 2 aromatic carbocycles. The summed E-state index contributed by atoms with van der Waals surface area (Å²) in [6.45, 7) is 5.98. The lowest BCUT2D eigenvalue weighted by Crippen LogP contribution is -2.36. The SMILES string of the molecule is COc1ccc(CN(Cc2ccncc2)Cc2ccc(N3CCOCC3)cc2)cc1OC. The van der Waals surface area contributed by atoms with Gasteiger partial charge in [-0.25, -0.2) is 0 Å². The van der Waals surface area contributed by atoms with Gasteiger partial charge in [0.25, 0.3) is 0 Å². The predicted octanol–water partition coefficient (Wildman–Crippen LogP) is 4.14. The molecule has 0 radical (unpaired) electrons. The van der Waals surface area contributed by atoms with Gasteiger partial charge in [0.15, 0.2) is 11.5 Å². The summed E-state index contributed by atoms with van der Waals surface area (Å²) in [7, 11) is 3.33. The second-order valence-corrected chi connectivity index (χ2v) is 7.96. The summed E-state index contributed by atoms with van der Waals surface area (Å²) in [6.07, 6.45) is 3.70. The van der Waals surface area contributed by atoms with Crippen molar-refractivity contribution in [2.75, 3.05) is 45.4 Å². The van der Waals surface area contributed by atoms with Crippen molar-refractivity contribution in [3.8, 4) is 11.5 Å². The van der Waals surface area contributed by atoms with Crippen LogP contribution < -0.4 is 14.4 Å². The van der Waals surface area contributed by atoms with E-state index in [1.807, 2.05) is 18.5 Å². The quantitative estimate of drug-likeness (QED) is 0.506. The normalized spacial score (nSPS) is 13.9. The third kappa shape index (κ3) is 5.78. The second kappa shape index (κ2) is 11.0. The lowest BCUT2D eigenvalue weighted by Gasteiger charge is -2.29. The number of benzene rings is 2. The van der Waals surface area contributed by atoms with E-state index < -0.39 is 0 Å². The number of methoxy groups -OCH3 is 2. The Hall–Kier alpha value is -3.09. The van der Waals surface area contributed by atoms with Crippen molar-refractivity contribution in [2.45, 2.75) is 19.6 Å². The first-order valence-corrected chi connectivity index (χ1v) is 11.0. The maximum Gasteiger partial charge on any atom is 0.161 e. The van der Waals surface area contributed by atoms with Crippen LogP contribution in [-0.4, -0.2) is 50.4 Å². The van der Waals surface area contributed by atoms with Gasteiger partial charge in [-0.3, -0.25) is 9.88 Å². The number of hydrogen-bond donors (Lipinski definition) is 0. The topological polar surface area (TPSA) is 47.1 Å². The summed E-state index contributed by atoms with van der Waals surface area (Å²) in [5.74, 6) is 1.50. The van der Waals surface area contributed by atoms with Gasteiger partial charge in [-0.1, -0.05) is 18.2 Å². The largest absolute Gasteiger partial charge is 0.493 e. The lowest BCUT2D eigenvalue weighted by molar-refractivity contribution is 0.122. The van der Waals surface area contributed by atoms with Gasteiger partial charge in [-0.05, 0) is 53.1 Å². The van der Waals surface area contributed by atoms with Crippen LogP contribution in [0.15, 0.2) is 67.0 Å². The standard InChI is InChI=1S/C26H31N3O3/c1-30-25-8-5-23(17-26(25)31-2)20-28(19-22-9-11-27-12-10-22)18-21-3-6-24(7-4-21)29-13-15-32-16-14-29/h3-12,17H,13-16,18-20H2,1-2H3. The van der Waals surface area contributed by atoms with Crippen LogP contribution >= 0.6 is 0 Å². The first kappa shape index (κ1) is 22.1. The highest BCUT2D eigenvalue weighted by atomic mass is 16.5. The summed E-state index contributed by atoms with van der Waals surface area (Å²) in [6, 6.07) is 19.2. The van der Waals surface area contributed by atoms with E-state index in [1.54, 1.807) is 14.2 Å². The minimum absolute atomic E-state index is 0.746. The van der Waals surface area contributed by atoms with Gasteiger partial charge in [0.1, 0.15) is 0 Å². The Morgan fingerprint density at radius 1 is 0.781 bits per heavy atom. The smallest absolute Gasteiger partial charge is 0.161 e. The van der Waals surface area contributed by atoms with E-state index >= 15 is 0 Å². The fourth-order valence-electron chi connectivity index (χ4n) is 4.04. The highest BCUT2D eigenvalue weighted by Gasteiger charge is 2.13. The zero-order chi connectivity index (χ0) is 22.2. The summed E-state index contributed by atoms with van der Waals surface area (Å²) in [5, 5.41) is 0. The summed E-state index contributed by atoms with van der Waals surface area (Å²) < 4.78 is 16.4. The Morgan fingerprint density at radius 2 is 1.38 bits per heavy atom. The monoisotopic (exact) mass is 433 g/mol. The van der Waals surface area contributed by atoms with Crippen molar-refractivity contribution >= 4 is 5.69 Å². The third-order valence-electron chi connectivity index (χ3n) is 5.73. The molecule has 0 bridgehead atoms. The van der Waals surface area contributed by atoms with E-state index in [0.717, 1.165) is 57.4 Å². The predicted molar refractivity (Wildman–Crippen MR) is 126 cm³/mol. The molecule has 6 nitrogen and oxygen atoms in total. The van der Waals surface area contributed by atoms with Crippen LogP contribution in [0.5, 0.6) is 11.5 Å². The molecule has 0 aliphatic carbocycles. The molecule has 1 aliphatic rings. The van der Waals surface area contributed by atoms with Crippen LogP contribution in [-0.2, 0) is 24.4 Å². The van der Waals surface area contributed by atoms with E-state index in [4.69, 9.17) is 14.2 Å². The molecular formula is C26H31N3O3. The highest BCUT2D eigenvalue weighted by molar-refractivity contribution is 5.48. The molecule has 4 rings (SSSR count). The lowest BCUT2D eigenvalue weighted by atomic mass is 10.1. The number of aromatic nitrogens is 1. The average molecular weight is 434 g/mol. The van der Waals surface area contributed by atoms with Crippen molar-refractivity contribution in [3.63, 3.8) is 0 Å². The molecule has 0 spiro atoms. The van der Waals surface area contributed by atoms with Crippen LogP contribution in [0, 0.1) is 0 Å². The van der Waals surface area contributed by atoms with Gasteiger partial charge < -0.3 is 19.1 Å². The number of rotatable bonds is 9. The minimum Gasteiger partial charge on any atom is -0.493 e. The van der Waals surface area contributed by atoms with Crippen molar-refractivity contribution < 1.29 is 14.2 Å². The number of anilines is 1. The zero-order valence-corrected chi connectivity index (χ0v) is 18.9. The van der Waals surface area contributed by atoms with Gasteiger partial charge in [0.05, 0.1) is 27.4 Å². The maximum atomic E-state index is 5.50. The van der Waals surface area contributed by atoms with Crippen LogP contribution in [0.1, 0.15) is 16.7 Å². The Kier molecular flexibility index (Phi) is 7.59. The molecule has 1 fully saturated rings. The molecule has 1 saturated heterocycles. The zero-order valence-electron chi connectivity index (χ0n) is 18.9. The summed E-state index contributed by atoms with van der Waals surface area (Å²) in [5.41, 5.74) is 4.97. The van der Waals surface area contributed by atoms with Gasteiger partial charge in [-0.15, -0.1) is 0 Å². The first-order chi connectivity index (χ1) is 15.7. The number of morpholine rings is 1. The summed E-state index contributed by atoms with van der Waals surface area (Å²) >= 11 is 0. The molecule has 0 atom stereocenters. The molecule has 168 valence electrons. The van der Waals surface area contributed by atoms with Crippen molar-refractivity contribution in [1.29, 1.82) is 0 Å². The Balaban J connectivity index is 1.50. The maximum absolute atomic E-state index is 5.50. The molecule has 0 amide bonds. The number of hydrogen-bond acceptors (Lipinski definition) is 6. The second-order valence-electron chi connectivity index (χ2n) is 7.96. The summed E-state index contributed by atoms with van der Waals surface area (Å²) in [4.78, 5) is 8.97. The minimum atomic E-state index is 0.746.